The molecule has 0 unspecified atom stereocenters. The molecule has 32 heavy (non-hydrogen) atoms. The van der Waals surface area contributed by atoms with Gasteiger partial charge in [-0.15, -0.1) is 0 Å². The highest BCUT2D eigenvalue weighted by Gasteiger charge is 2.31. The van der Waals surface area contributed by atoms with Crippen LogP contribution in [0.3, 0.4) is 0 Å². The fourth-order valence-electron chi connectivity index (χ4n) is 2.90. The Morgan fingerprint density at radius 2 is 1.75 bits per heavy atom. The Labute approximate surface area is 195 Å². The van der Waals surface area contributed by atoms with Gasteiger partial charge in [0.1, 0.15) is 10.1 Å². The number of hydrogen-bond acceptors (Lipinski definition) is 6. The maximum absolute atomic E-state index is 12.6. The van der Waals surface area contributed by atoms with Gasteiger partial charge in [-0.05, 0) is 48.3 Å². The summed E-state index contributed by atoms with van der Waals surface area (Å²) in [5.41, 5.74) is 1.68. The van der Waals surface area contributed by atoms with Crippen LogP contribution < -0.4 is 4.74 Å². The van der Waals surface area contributed by atoms with Crippen molar-refractivity contribution in [2.75, 3.05) is 6.54 Å². The number of carbonyl (C=O) groups is 3. The van der Waals surface area contributed by atoms with E-state index in [1.165, 1.54) is 22.7 Å². The third kappa shape index (κ3) is 6.90. The van der Waals surface area contributed by atoms with E-state index in [2.05, 4.69) is 0 Å². The minimum atomic E-state index is -0.850. The predicted molar refractivity (Wildman–Crippen MR) is 129 cm³/mol. The van der Waals surface area contributed by atoms with Crippen LogP contribution in [0.1, 0.15) is 30.4 Å². The first-order valence-electron chi connectivity index (χ1n) is 9.94. The zero-order valence-corrected chi connectivity index (χ0v) is 18.7. The van der Waals surface area contributed by atoms with Gasteiger partial charge in [-0.1, -0.05) is 66.4 Å². The van der Waals surface area contributed by atoms with E-state index < -0.39 is 11.9 Å². The molecule has 1 aliphatic rings. The highest BCUT2D eigenvalue weighted by Crippen LogP contribution is 2.33. The Balaban J connectivity index is 1.55. The Kier molecular flexibility index (Phi) is 8.35. The van der Waals surface area contributed by atoms with Crippen molar-refractivity contribution in [1.82, 2.24) is 4.90 Å². The molecule has 0 atom stereocenters. The molecule has 1 aliphatic heterocycles. The van der Waals surface area contributed by atoms with Crippen molar-refractivity contribution in [3.63, 3.8) is 0 Å². The fraction of sp³-hybridized carbons (Fsp3) is 0.167. The highest BCUT2D eigenvalue weighted by atomic mass is 32.2. The molecular weight excluding hydrogens is 446 g/mol. The van der Waals surface area contributed by atoms with E-state index >= 15 is 0 Å². The molecule has 3 rings (SSSR count). The Bertz CT molecular complexity index is 1060. The SMILES string of the molecule is O=C(O)CCCCN1C(=O)/C(=C\c2ccc(OC(=O)/C=C/c3ccccc3)cc2)SC1=S. The lowest BCUT2D eigenvalue weighted by Gasteiger charge is -2.13. The Morgan fingerprint density at radius 1 is 1.03 bits per heavy atom. The van der Waals surface area contributed by atoms with E-state index in [0.29, 0.717) is 34.4 Å². The van der Waals surface area contributed by atoms with Gasteiger partial charge in [0.2, 0.25) is 0 Å². The number of benzene rings is 2. The second-order valence-corrected chi connectivity index (χ2v) is 8.59. The number of nitrogens with zero attached hydrogens (tertiary/aromatic N) is 1. The van der Waals surface area contributed by atoms with E-state index in [0.717, 1.165) is 11.1 Å². The van der Waals surface area contributed by atoms with Gasteiger partial charge in [0.05, 0.1) is 4.91 Å². The number of esters is 1. The largest absolute Gasteiger partial charge is 0.481 e. The molecule has 6 nitrogen and oxygen atoms in total. The van der Waals surface area contributed by atoms with Crippen LogP contribution in [-0.2, 0) is 14.4 Å². The number of thiocarbonyl (C=S) groups is 1. The van der Waals surface area contributed by atoms with Crippen molar-refractivity contribution in [1.29, 1.82) is 0 Å². The Morgan fingerprint density at radius 3 is 2.44 bits per heavy atom. The van der Waals surface area contributed by atoms with Crippen molar-refractivity contribution >= 4 is 58.3 Å². The summed E-state index contributed by atoms with van der Waals surface area (Å²) in [5.74, 6) is -1.12. The minimum absolute atomic E-state index is 0.0730. The maximum Gasteiger partial charge on any atom is 0.336 e. The lowest BCUT2D eigenvalue weighted by molar-refractivity contribution is -0.137. The fourth-order valence-corrected chi connectivity index (χ4v) is 4.21. The van der Waals surface area contributed by atoms with Crippen LogP contribution in [0.2, 0.25) is 0 Å². The van der Waals surface area contributed by atoms with Gasteiger partial charge >= 0.3 is 11.9 Å². The van der Waals surface area contributed by atoms with E-state index in [1.54, 1.807) is 36.4 Å². The number of amides is 1. The van der Waals surface area contributed by atoms with E-state index in [4.69, 9.17) is 22.1 Å². The second-order valence-electron chi connectivity index (χ2n) is 6.92. The number of rotatable bonds is 9. The van der Waals surface area contributed by atoms with Crippen molar-refractivity contribution < 1.29 is 24.2 Å². The second kappa shape index (κ2) is 11.4. The van der Waals surface area contributed by atoms with E-state index in [9.17, 15) is 14.4 Å². The van der Waals surface area contributed by atoms with Gasteiger partial charge in [0.15, 0.2) is 0 Å². The number of carboxylic acid groups (broad SMARTS) is 1. The quantitative estimate of drug-likeness (QED) is 0.187. The predicted octanol–water partition coefficient (Wildman–Crippen LogP) is 4.76. The lowest BCUT2D eigenvalue weighted by atomic mass is 10.2. The molecule has 1 fully saturated rings. The molecule has 1 heterocycles. The number of unbranched alkanes of at least 4 members (excludes halogenated alkanes) is 1. The number of aliphatic carboxylic acids is 1. The summed E-state index contributed by atoms with van der Waals surface area (Å²) < 4.78 is 5.76. The molecule has 1 amide bonds. The molecule has 2 aromatic rings. The molecule has 0 aromatic heterocycles. The summed E-state index contributed by atoms with van der Waals surface area (Å²) in [6, 6.07) is 16.3. The van der Waals surface area contributed by atoms with Gasteiger partial charge < -0.3 is 9.84 Å². The number of carboxylic acids is 1. The maximum atomic E-state index is 12.6. The van der Waals surface area contributed by atoms with Crippen molar-refractivity contribution in [2.24, 2.45) is 0 Å². The Hall–Kier alpha value is -3.23. The molecule has 164 valence electrons. The van der Waals surface area contributed by atoms with Crippen LogP contribution in [0, 0.1) is 0 Å². The molecule has 1 N–H and O–H groups in total. The molecule has 0 saturated carbocycles. The van der Waals surface area contributed by atoms with Crippen molar-refractivity contribution in [2.45, 2.75) is 19.3 Å². The third-order valence-corrected chi connectivity index (χ3v) is 5.88. The lowest BCUT2D eigenvalue weighted by Crippen LogP contribution is -2.29. The molecule has 0 aliphatic carbocycles. The zero-order chi connectivity index (χ0) is 22.9. The molecule has 0 spiro atoms. The van der Waals surface area contributed by atoms with Crippen LogP contribution in [-0.4, -0.2) is 38.7 Å². The first-order valence-corrected chi connectivity index (χ1v) is 11.2. The number of hydrogen-bond donors (Lipinski definition) is 1. The van der Waals surface area contributed by atoms with Crippen molar-refractivity contribution in [3.8, 4) is 5.75 Å². The number of ether oxygens (including phenoxy) is 1. The molecule has 2 aromatic carbocycles. The average molecular weight is 468 g/mol. The van der Waals surface area contributed by atoms with Crippen LogP contribution >= 0.6 is 24.0 Å². The van der Waals surface area contributed by atoms with Gasteiger partial charge in [0, 0.05) is 19.0 Å². The van der Waals surface area contributed by atoms with E-state index in [-0.39, 0.29) is 12.3 Å². The first-order chi connectivity index (χ1) is 15.4. The third-order valence-electron chi connectivity index (χ3n) is 4.50. The van der Waals surface area contributed by atoms with Crippen LogP contribution in [0.15, 0.2) is 65.6 Å². The molecule has 0 bridgehead atoms. The summed E-state index contributed by atoms with van der Waals surface area (Å²) in [6.07, 6.45) is 5.92. The summed E-state index contributed by atoms with van der Waals surface area (Å²) in [7, 11) is 0. The molecule has 8 heteroatoms. The molecule has 1 saturated heterocycles. The van der Waals surface area contributed by atoms with E-state index in [1.807, 2.05) is 30.3 Å². The average Bonchev–Trinajstić information content (AvgIpc) is 3.04. The minimum Gasteiger partial charge on any atom is -0.481 e. The van der Waals surface area contributed by atoms with Crippen LogP contribution in [0.5, 0.6) is 5.75 Å². The normalized spacial score (nSPS) is 15.0. The summed E-state index contributed by atoms with van der Waals surface area (Å²) >= 11 is 6.51. The zero-order valence-electron chi connectivity index (χ0n) is 17.1. The molecule has 0 radical (unpaired) electrons. The summed E-state index contributed by atoms with van der Waals surface area (Å²) in [4.78, 5) is 37.2. The number of carbonyl (C=O) groups excluding carboxylic acids is 2. The first kappa shape index (κ1) is 23.4. The van der Waals surface area contributed by atoms with Crippen molar-refractivity contribution in [3.05, 3.63) is 76.7 Å². The topological polar surface area (TPSA) is 83.9 Å². The summed E-state index contributed by atoms with van der Waals surface area (Å²) in [5, 5.41) is 8.71. The standard InChI is InChI=1S/C24H21NO5S2/c26-21(27)8-4-5-15-25-23(29)20(32-24(25)31)16-18-9-12-19(13-10-18)30-22(28)14-11-17-6-2-1-3-7-17/h1-3,6-7,9-14,16H,4-5,8,15H2,(H,26,27)/b14-11+,20-16+. The molecular formula is C24H21NO5S2. The van der Waals surface area contributed by atoms with Gasteiger partial charge in [-0.2, -0.15) is 0 Å². The smallest absolute Gasteiger partial charge is 0.336 e. The van der Waals surface area contributed by atoms with Gasteiger partial charge in [-0.3, -0.25) is 14.5 Å². The van der Waals surface area contributed by atoms with Gasteiger partial charge in [-0.25, -0.2) is 4.79 Å². The monoisotopic (exact) mass is 467 g/mol. The van der Waals surface area contributed by atoms with Crippen LogP contribution in [0.4, 0.5) is 0 Å². The highest BCUT2D eigenvalue weighted by molar-refractivity contribution is 8.26. The number of thioether (sulfide) groups is 1. The summed E-state index contributed by atoms with van der Waals surface area (Å²) in [6.45, 7) is 0.403. The van der Waals surface area contributed by atoms with Crippen LogP contribution in [0.25, 0.3) is 12.2 Å². The van der Waals surface area contributed by atoms with Gasteiger partial charge in [0.25, 0.3) is 5.91 Å².